The molecule has 2 aromatic carbocycles. The third kappa shape index (κ3) is 5.08. The summed E-state index contributed by atoms with van der Waals surface area (Å²) in [6, 6.07) is 17.5. The van der Waals surface area contributed by atoms with E-state index in [1.807, 2.05) is 61.5 Å². The van der Waals surface area contributed by atoms with Crippen LogP contribution in [0.4, 0.5) is 5.69 Å². The summed E-state index contributed by atoms with van der Waals surface area (Å²) in [5.74, 6) is 1.38. The quantitative estimate of drug-likeness (QED) is 0.227. The highest BCUT2D eigenvalue weighted by atomic mass is 35.5. The summed E-state index contributed by atoms with van der Waals surface area (Å²) >= 11 is 12.6. The number of nitrogens with zero attached hydrogens (tertiary/aromatic N) is 3. The molecule has 0 aliphatic heterocycles. The Balaban J connectivity index is 1.45. The number of hydrogen-bond acceptors (Lipinski definition) is 6. The first-order valence-electron chi connectivity index (χ1n) is 11.3. The minimum absolute atomic E-state index is 0.375. The lowest BCUT2D eigenvalue weighted by atomic mass is 10.1. The molecule has 0 saturated heterocycles. The van der Waals surface area contributed by atoms with E-state index in [0.29, 0.717) is 27.9 Å². The van der Waals surface area contributed by atoms with Crippen LogP contribution in [-0.2, 0) is 6.54 Å². The van der Waals surface area contributed by atoms with Crippen LogP contribution in [-0.4, -0.2) is 27.3 Å². The molecule has 2 N–H and O–H groups in total. The van der Waals surface area contributed by atoms with Crippen molar-refractivity contribution in [3.8, 4) is 22.8 Å². The second-order valence-electron chi connectivity index (χ2n) is 8.18. The van der Waals surface area contributed by atoms with Gasteiger partial charge < -0.3 is 14.8 Å². The average Bonchev–Trinajstić information content (AvgIpc) is 3.31. The Hall–Kier alpha value is -3.81. The summed E-state index contributed by atoms with van der Waals surface area (Å²) in [7, 11) is 1.65. The zero-order valence-electron chi connectivity index (χ0n) is 19.6. The van der Waals surface area contributed by atoms with Crippen molar-refractivity contribution in [3.63, 3.8) is 0 Å². The van der Waals surface area contributed by atoms with Crippen LogP contribution in [0.1, 0.15) is 24.3 Å². The molecule has 5 rings (SSSR count). The molecule has 0 radical (unpaired) electrons. The van der Waals surface area contributed by atoms with Crippen LogP contribution in [0, 0.1) is 0 Å². The van der Waals surface area contributed by atoms with Crippen molar-refractivity contribution in [2.45, 2.75) is 19.6 Å². The molecular formula is C27H23Cl2N5O2. The zero-order chi connectivity index (χ0) is 25.1. The maximum absolute atomic E-state index is 6.32. The van der Waals surface area contributed by atoms with Crippen LogP contribution in [0.5, 0.6) is 11.5 Å². The fraction of sp³-hybridized carbons (Fsp3) is 0.148. The molecule has 182 valence electrons. The van der Waals surface area contributed by atoms with Crippen molar-refractivity contribution in [1.82, 2.24) is 20.2 Å². The van der Waals surface area contributed by atoms with Crippen LogP contribution in [0.25, 0.3) is 22.2 Å². The number of aromatic amines is 1. The number of anilines is 1. The number of halogens is 2. The van der Waals surface area contributed by atoms with E-state index in [-0.39, 0.29) is 6.10 Å². The summed E-state index contributed by atoms with van der Waals surface area (Å²) in [6.45, 7) is 2.49. The number of aromatic nitrogens is 4. The molecule has 0 spiro atoms. The Labute approximate surface area is 218 Å². The van der Waals surface area contributed by atoms with E-state index in [9.17, 15) is 0 Å². The Morgan fingerprint density at radius 1 is 1.00 bits per heavy atom. The number of rotatable bonds is 8. The largest absolute Gasteiger partial charge is 0.497 e. The minimum Gasteiger partial charge on any atom is -0.497 e. The van der Waals surface area contributed by atoms with Crippen molar-refractivity contribution in [1.29, 1.82) is 0 Å². The Bertz CT molecular complexity index is 1490. The van der Waals surface area contributed by atoms with Crippen LogP contribution in [0.15, 0.2) is 73.2 Å². The first-order valence-corrected chi connectivity index (χ1v) is 12.0. The smallest absolute Gasteiger partial charge is 0.124 e. The van der Waals surface area contributed by atoms with Gasteiger partial charge in [0.15, 0.2) is 0 Å². The maximum atomic E-state index is 6.32. The molecule has 0 aliphatic carbocycles. The first-order chi connectivity index (χ1) is 17.5. The first kappa shape index (κ1) is 23.9. The third-order valence-corrected chi connectivity index (χ3v) is 6.36. The minimum atomic E-state index is -0.375. The predicted molar refractivity (Wildman–Crippen MR) is 143 cm³/mol. The number of pyridine rings is 2. The van der Waals surface area contributed by atoms with Crippen LogP contribution in [0.2, 0.25) is 10.0 Å². The maximum Gasteiger partial charge on any atom is 0.124 e. The number of benzene rings is 2. The summed E-state index contributed by atoms with van der Waals surface area (Å²) in [6.07, 6.45) is 4.52. The van der Waals surface area contributed by atoms with Crippen molar-refractivity contribution < 1.29 is 9.47 Å². The highest BCUT2D eigenvalue weighted by molar-refractivity contribution is 6.35. The molecule has 0 aliphatic rings. The summed E-state index contributed by atoms with van der Waals surface area (Å²) < 4.78 is 11.8. The van der Waals surface area contributed by atoms with Gasteiger partial charge in [0.25, 0.3) is 0 Å². The van der Waals surface area contributed by atoms with Gasteiger partial charge in [-0.05, 0) is 49.4 Å². The van der Waals surface area contributed by atoms with E-state index in [2.05, 4.69) is 25.5 Å². The summed E-state index contributed by atoms with van der Waals surface area (Å²) in [5.41, 5.74) is 5.09. The molecule has 0 unspecified atom stereocenters. The SMILES string of the molecule is COc1cc(NCc2ccccn2)cc(-c2n[nH]c3ccc(O[C@H](C)c4c(Cl)cncc4Cl)cc23)c1. The summed E-state index contributed by atoms with van der Waals surface area (Å²) in [5, 5.41) is 12.9. The molecule has 0 fully saturated rings. The molecule has 5 aromatic rings. The van der Waals surface area contributed by atoms with Gasteiger partial charge in [-0.2, -0.15) is 5.10 Å². The Kier molecular flexibility index (Phi) is 6.93. The second kappa shape index (κ2) is 10.4. The molecular weight excluding hydrogens is 497 g/mol. The van der Waals surface area contributed by atoms with Gasteiger partial charge in [-0.25, -0.2) is 0 Å². The van der Waals surface area contributed by atoms with E-state index in [4.69, 9.17) is 32.7 Å². The fourth-order valence-electron chi connectivity index (χ4n) is 4.01. The predicted octanol–water partition coefficient (Wildman–Crippen LogP) is 7.09. The number of hydrogen-bond donors (Lipinski definition) is 2. The molecule has 1 atom stereocenters. The molecule has 0 amide bonds. The average molecular weight is 520 g/mol. The van der Waals surface area contributed by atoms with Crippen molar-refractivity contribution >= 4 is 39.8 Å². The molecule has 7 nitrogen and oxygen atoms in total. The number of methoxy groups -OCH3 is 1. The second-order valence-corrected chi connectivity index (χ2v) is 9.00. The van der Waals surface area contributed by atoms with Gasteiger partial charge in [0, 0.05) is 46.9 Å². The number of H-pyrrole nitrogens is 1. The summed E-state index contributed by atoms with van der Waals surface area (Å²) in [4.78, 5) is 8.38. The van der Waals surface area contributed by atoms with E-state index in [0.717, 1.165) is 39.3 Å². The van der Waals surface area contributed by atoms with Crippen molar-refractivity contribution in [2.75, 3.05) is 12.4 Å². The standard InChI is InChI=1S/C27H23Cl2N5O2/c1-16(26-23(28)14-30-15-24(26)29)36-20-6-7-25-22(12-20)27(34-33-25)17-9-19(11-21(10-17)35-2)32-13-18-5-3-4-8-31-18/h3-12,14-16,32H,13H2,1-2H3,(H,33,34)/t16-/m1/s1. The van der Waals surface area contributed by atoms with Gasteiger partial charge in [0.2, 0.25) is 0 Å². The normalized spacial score (nSPS) is 11.9. The van der Waals surface area contributed by atoms with Gasteiger partial charge in [-0.15, -0.1) is 0 Å². The van der Waals surface area contributed by atoms with Gasteiger partial charge in [-0.3, -0.25) is 15.1 Å². The number of ether oxygens (including phenoxy) is 2. The Morgan fingerprint density at radius 2 is 1.83 bits per heavy atom. The lowest BCUT2D eigenvalue weighted by Crippen LogP contribution is -2.05. The van der Waals surface area contributed by atoms with Crippen molar-refractivity contribution in [2.24, 2.45) is 0 Å². The molecule has 0 saturated carbocycles. The highest BCUT2D eigenvalue weighted by Gasteiger charge is 2.17. The van der Waals surface area contributed by atoms with Crippen LogP contribution >= 0.6 is 23.2 Å². The zero-order valence-corrected chi connectivity index (χ0v) is 21.1. The number of nitrogens with one attached hydrogen (secondary N) is 2. The molecule has 0 bridgehead atoms. The lowest BCUT2D eigenvalue weighted by Gasteiger charge is -2.17. The van der Waals surface area contributed by atoms with Gasteiger partial charge in [-0.1, -0.05) is 29.3 Å². The fourth-order valence-corrected chi connectivity index (χ4v) is 4.68. The lowest BCUT2D eigenvalue weighted by molar-refractivity contribution is 0.227. The third-order valence-electron chi connectivity index (χ3n) is 5.76. The topological polar surface area (TPSA) is 85.0 Å². The van der Waals surface area contributed by atoms with E-state index in [1.54, 1.807) is 25.7 Å². The van der Waals surface area contributed by atoms with Gasteiger partial charge in [0.05, 0.1) is 34.9 Å². The molecule has 9 heteroatoms. The Morgan fingerprint density at radius 3 is 2.58 bits per heavy atom. The van der Waals surface area contributed by atoms with Crippen molar-refractivity contribution in [3.05, 3.63) is 94.5 Å². The molecule has 3 heterocycles. The van der Waals surface area contributed by atoms with Crippen LogP contribution in [0.3, 0.4) is 0 Å². The van der Waals surface area contributed by atoms with E-state index >= 15 is 0 Å². The molecule has 3 aromatic heterocycles. The van der Waals surface area contributed by atoms with Gasteiger partial charge in [0.1, 0.15) is 23.3 Å². The van der Waals surface area contributed by atoms with E-state index < -0.39 is 0 Å². The highest BCUT2D eigenvalue weighted by Crippen LogP contribution is 2.36. The molecule has 36 heavy (non-hydrogen) atoms. The number of fused-ring (bicyclic) bond motifs is 1. The van der Waals surface area contributed by atoms with Gasteiger partial charge >= 0.3 is 0 Å². The van der Waals surface area contributed by atoms with E-state index in [1.165, 1.54) is 0 Å². The van der Waals surface area contributed by atoms with Crippen LogP contribution < -0.4 is 14.8 Å². The monoisotopic (exact) mass is 519 g/mol.